The largest absolute Gasteiger partial charge is 0.497 e. The van der Waals surface area contributed by atoms with Crippen LogP contribution in [0.15, 0.2) is 65.8 Å². The van der Waals surface area contributed by atoms with Crippen molar-refractivity contribution in [2.75, 3.05) is 17.1 Å². The highest BCUT2D eigenvalue weighted by Crippen LogP contribution is 2.20. The number of ether oxygens (including phenoxy) is 1. The van der Waals surface area contributed by atoms with Crippen LogP contribution in [-0.4, -0.2) is 43.2 Å². The zero-order chi connectivity index (χ0) is 24.8. The van der Waals surface area contributed by atoms with Crippen molar-refractivity contribution in [3.63, 3.8) is 0 Å². The van der Waals surface area contributed by atoms with Crippen LogP contribution in [0.4, 0.5) is 11.4 Å². The monoisotopic (exact) mass is 497 g/mol. The van der Waals surface area contributed by atoms with E-state index in [1.54, 1.807) is 30.5 Å². The van der Waals surface area contributed by atoms with Crippen molar-refractivity contribution in [3.8, 4) is 5.75 Å². The summed E-state index contributed by atoms with van der Waals surface area (Å²) in [5.74, 6) is 0.0751. The SMILES string of the molecule is COc1ccc(NS(=O)(=O)c2ccc(C(=O)Nc3cnn(CC(=O)NC4CCCC4)c3)cc2)cc1. The summed E-state index contributed by atoms with van der Waals surface area (Å²) in [6.07, 6.45) is 7.31. The molecule has 1 aliphatic rings. The third kappa shape index (κ3) is 6.38. The number of nitrogens with zero attached hydrogens (tertiary/aromatic N) is 2. The Hall–Kier alpha value is -3.86. The van der Waals surface area contributed by atoms with Crippen LogP contribution < -0.4 is 20.1 Å². The molecule has 2 aromatic carbocycles. The van der Waals surface area contributed by atoms with Crippen molar-refractivity contribution in [2.45, 2.75) is 43.2 Å². The molecule has 0 aliphatic heterocycles. The lowest BCUT2D eigenvalue weighted by atomic mass is 10.2. The molecule has 11 heteroatoms. The quantitative estimate of drug-likeness (QED) is 0.416. The van der Waals surface area contributed by atoms with Crippen molar-refractivity contribution >= 4 is 33.2 Å². The summed E-state index contributed by atoms with van der Waals surface area (Å²) >= 11 is 0. The summed E-state index contributed by atoms with van der Waals surface area (Å²) in [5, 5.41) is 9.82. The van der Waals surface area contributed by atoms with E-state index in [0.29, 0.717) is 17.1 Å². The van der Waals surface area contributed by atoms with Gasteiger partial charge in [-0.3, -0.25) is 19.0 Å². The zero-order valence-electron chi connectivity index (χ0n) is 19.2. The second-order valence-corrected chi connectivity index (χ2v) is 9.97. The summed E-state index contributed by atoms with van der Waals surface area (Å²) in [5.41, 5.74) is 1.10. The summed E-state index contributed by atoms with van der Waals surface area (Å²) < 4.78 is 34.3. The third-order valence-electron chi connectivity index (χ3n) is 5.69. The molecule has 1 saturated carbocycles. The average molecular weight is 498 g/mol. The smallest absolute Gasteiger partial charge is 0.261 e. The molecule has 10 nitrogen and oxygen atoms in total. The number of sulfonamides is 1. The highest BCUT2D eigenvalue weighted by atomic mass is 32.2. The van der Waals surface area contributed by atoms with Crippen molar-refractivity contribution in [2.24, 2.45) is 0 Å². The van der Waals surface area contributed by atoms with Crippen molar-refractivity contribution < 1.29 is 22.7 Å². The minimum atomic E-state index is -3.83. The molecule has 1 heterocycles. The summed E-state index contributed by atoms with van der Waals surface area (Å²) in [6.45, 7) is 0.0696. The molecule has 1 aromatic heterocycles. The molecule has 0 saturated heterocycles. The minimum Gasteiger partial charge on any atom is -0.497 e. The normalized spacial score (nSPS) is 13.9. The van der Waals surface area contributed by atoms with Crippen LogP contribution >= 0.6 is 0 Å². The molecule has 35 heavy (non-hydrogen) atoms. The number of carbonyl (C=O) groups excluding carboxylic acids is 2. The number of carbonyl (C=O) groups is 2. The molecule has 1 aliphatic carbocycles. The Morgan fingerprint density at radius 2 is 1.71 bits per heavy atom. The van der Waals surface area contributed by atoms with Crippen LogP contribution in [-0.2, 0) is 21.4 Å². The summed E-state index contributed by atoms with van der Waals surface area (Å²) in [4.78, 5) is 24.8. The maximum Gasteiger partial charge on any atom is 0.261 e. The average Bonchev–Trinajstić information content (AvgIpc) is 3.51. The van der Waals surface area contributed by atoms with E-state index in [9.17, 15) is 18.0 Å². The van der Waals surface area contributed by atoms with Crippen LogP contribution in [0, 0.1) is 0 Å². The van der Waals surface area contributed by atoms with Crippen LogP contribution in [0.25, 0.3) is 0 Å². The first-order chi connectivity index (χ1) is 16.8. The predicted molar refractivity (Wildman–Crippen MR) is 131 cm³/mol. The maximum atomic E-state index is 12.6. The third-order valence-corrected chi connectivity index (χ3v) is 7.08. The number of aromatic nitrogens is 2. The first-order valence-electron chi connectivity index (χ1n) is 11.2. The Morgan fingerprint density at radius 1 is 1.03 bits per heavy atom. The molecular formula is C24H27N5O5S. The van der Waals surface area contributed by atoms with E-state index in [1.807, 2.05) is 0 Å². The van der Waals surface area contributed by atoms with E-state index < -0.39 is 15.9 Å². The number of nitrogens with one attached hydrogen (secondary N) is 3. The molecular weight excluding hydrogens is 470 g/mol. The molecule has 0 bridgehead atoms. The Balaban J connectivity index is 1.33. The van der Waals surface area contributed by atoms with Gasteiger partial charge in [-0.2, -0.15) is 5.10 Å². The molecule has 2 amide bonds. The molecule has 3 aromatic rings. The molecule has 184 valence electrons. The lowest BCUT2D eigenvalue weighted by molar-refractivity contribution is -0.122. The number of amides is 2. The first-order valence-corrected chi connectivity index (χ1v) is 12.7. The van der Waals surface area contributed by atoms with Gasteiger partial charge >= 0.3 is 0 Å². The predicted octanol–water partition coefficient (Wildman–Crippen LogP) is 3.00. The standard InChI is InChI=1S/C24H27N5O5S/c1-34-21-10-8-19(9-11-21)28-35(32,33)22-12-6-17(7-13-22)24(31)27-20-14-25-29(15-20)16-23(30)26-18-4-2-3-5-18/h6-15,18,28H,2-5,16H2,1H3,(H,26,30)(H,27,31). The Labute approximate surface area is 203 Å². The van der Waals surface area contributed by atoms with Crippen molar-refractivity contribution in [1.82, 2.24) is 15.1 Å². The fourth-order valence-electron chi connectivity index (χ4n) is 3.87. The lowest BCUT2D eigenvalue weighted by Gasteiger charge is -2.11. The Morgan fingerprint density at radius 3 is 2.37 bits per heavy atom. The molecule has 0 atom stereocenters. The topological polar surface area (TPSA) is 131 Å². The fraction of sp³-hybridized carbons (Fsp3) is 0.292. The second kappa shape index (κ2) is 10.6. The summed E-state index contributed by atoms with van der Waals surface area (Å²) in [6, 6.07) is 12.3. The number of rotatable bonds is 9. The van der Waals surface area contributed by atoms with Gasteiger partial charge in [0.1, 0.15) is 12.3 Å². The van der Waals surface area contributed by atoms with Gasteiger partial charge in [-0.15, -0.1) is 0 Å². The van der Waals surface area contributed by atoms with Gasteiger partial charge in [-0.25, -0.2) is 8.42 Å². The van der Waals surface area contributed by atoms with Gasteiger partial charge in [0, 0.05) is 23.5 Å². The molecule has 0 unspecified atom stereocenters. The molecule has 0 spiro atoms. The molecule has 1 fully saturated rings. The van der Waals surface area contributed by atoms with Crippen LogP contribution in [0.1, 0.15) is 36.0 Å². The maximum absolute atomic E-state index is 12.6. The van der Waals surface area contributed by atoms with Crippen LogP contribution in [0.5, 0.6) is 5.75 Å². The highest BCUT2D eigenvalue weighted by molar-refractivity contribution is 7.92. The lowest BCUT2D eigenvalue weighted by Crippen LogP contribution is -2.35. The summed E-state index contributed by atoms with van der Waals surface area (Å²) in [7, 11) is -2.30. The number of methoxy groups -OCH3 is 1. The van der Waals surface area contributed by atoms with Gasteiger partial charge in [-0.1, -0.05) is 12.8 Å². The van der Waals surface area contributed by atoms with E-state index >= 15 is 0 Å². The van der Waals surface area contributed by atoms with Gasteiger partial charge in [0.2, 0.25) is 5.91 Å². The number of hydrogen-bond acceptors (Lipinski definition) is 6. The zero-order valence-corrected chi connectivity index (χ0v) is 20.0. The van der Waals surface area contributed by atoms with Gasteiger partial charge < -0.3 is 15.4 Å². The molecule has 3 N–H and O–H groups in total. The second-order valence-electron chi connectivity index (χ2n) is 8.29. The van der Waals surface area contributed by atoms with E-state index in [1.165, 1.54) is 42.3 Å². The van der Waals surface area contributed by atoms with E-state index in [2.05, 4.69) is 20.5 Å². The fourth-order valence-corrected chi connectivity index (χ4v) is 4.93. The van der Waals surface area contributed by atoms with E-state index in [-0.39, 0.29) is 29.0 Å². The van der Waals surface area contributed by atoms with E-state index in [4.69, 9.17) is 4.74 Å². The number of benzene rings is 2. The molecule has 4 rings (SSSR count). The van der Waals surface area contributed by atoms with Gasteiger partial charge in [0.15, 0.2) is 0 Å². The minimum absolute atomic E-state index is 0.0194. The first kappa shape index (κ1) is 24.3. The van der Waals surface area contributed by atoms with Crippen molar-refractivity contribution in [1.29, 1.82) is 0 Å². The Bertz CT molecular complexity index is 1280. The van der Waals surface area contributed by atoms with Gasteiger partial charge in [-0.05, 0) is 61.4 Å². The number of anilines is 2. The van der Waals surface area contributed by atoms with Gasteiger partial charge in [0.25, 0.3) is 15.9 Å². The highest BCUT2D eigenvalue weighted by Gasteiger charge is 2.18. The Kier molecular flexibility index (Phi) is 7.35. The molecule has 0 radical (unpaired) electrons. The van der Waals surface area contributed by atoms with Crippen LogP contribution in [0.3, 0.4) is 0 Å². The number of hydrogen-bond donors (Lipinski definition) is 3. The van der Waals surface area contributed by atoms with E-state index in [0.717, 1.165) is 25.7 Å². The van der Waals surface area contributed by atoms with Gasteiger partial charge in [0.05, 0.1) is 23.9 Å². The van der Waals surface area contributed by atoms with Crippen molar-refractivity contribution in [3.05, 3.63) is 66.5 Å². The van der Waals surface area contributed by atoms with Crippen LogP contribution in [0.2, 0.25) is 0 Å².